The van der Waals surface area contributed by atoms with Gasteiger partial charge in [-0.3, -0.25) is 4.57 Å². The quantitative estimate of drug-likeness (QED) is 0.0471. The van der Waals surface area contributed by atoms with Crippen LogP contribution in [-0.2, 0) is 26.5 Å². The fourth-order valence-electron chi connectivity index (χ4n) is 11.8. The Morgan fingerprint density at radius 3 is 1.66 bits per heavy atom. The Morgan fingerprint density at radius 2 is 1.04 bits per heavy atom. The maximum Gasteiger partial charge on any atom is 0.268 e. The predicted octanol–water partition coefficient (Wildman–Crippen LogP) is 18.9. The van der Waals surface area contributed by atoms with E-state index in [1.165, 1.54) is 45.5 Å². The molecule has 0 saturated heterocycles. The van der Waals surface area contributed by atoms with E-state index in [4.69, 9.17) is 33.0 Å². The first-order valence-electron chi connectivity index (χ1n) is 47.6. The zero-order valence-corrected chi connectivity index (χ0v) is 53.9. The largest absolute Gasteiger partial charge is 0.510 e. The molecule has 0 atom stereocenters. The summed E-state index contributed by atoms with van der Waals surface area (Å²) in [6, 6.07) is 3.63. The third kappa shape index (κ3) is 11.2. The summed E-state index contributed by atoms with van der Waals surface area (Å²) in [5, 5.41) is -2.62. The topological polar surface area (TPSA) is 35.9 Å². The van der Waals surface area contributed by atoms with Crippen molar-refractivity contribution in [1.82, 2.24) is 14.1 Å². The number of hydrogen-bond donors (Lipinski definition) is 0. The Bertz CT molecular complexity index is 7280. The number of rotatable bonds is 14. The molecule has 13 aromatic carbocycles. The van der Waals surface area contributed by atoms with Crippen LogP contribution >= 0.6 is 0 Å². The van der Waals surface area contributed by atoms with Crippen molar-refractivity contribution in [3.8, 4) is 84.3 Å². The van der Waals surface area contributed by atoms with E-state index in [0.29, 0.717) is 27.4 Å². The molecule has 0 bridgehead atoms. The van der Waals surface area contributed by atoms with Gasteiger partial charge in [-0.25, -0.2) is 4.98 Å². The summed E-state index contributed by atoms with van der Waals surface area (Å²) in [6.45, 7) is 3.05. The van der Waals surface area contributed by atoms with Gasteiger partial charge in [0, 0.05) is 54.0 Å². The third-order valence-corrected chi connectivity index (χ3v) is 20.4. The van der Waals surface area contributed by atoms with Crippen molar-refractivity contribution in [2.24, 2.45) is 0 Å². The fraction of sp³-hybridized carbons (Fsp3) is 0.0562. The average Bonchev–Trinajstić information content (AvgIpc) is 0.866. The number of para-hydroxylation sites is 2. The number of nitrogens with zero attached hydrogens (tertiary/aromatic N) is 4. The molecule has 0 saturated carbocycles. The molecule has 0 aliphatic carbocycles. The van der Waals surface area contributed by atoms with Gasteiger partial charge >= 0.3 is 0 Å². The van der Waals surface area contributed by atoms with Gasteiger partial charge in [0.1, 0.15) is 5.82 Å². The second-order valence-corrected chi connectivity index (χ2v) is 26.3. The number of fused-ring (bicyclic) bond motifs is 4. The van der Waals surface area contributed by atoms with E-state index in [9.17, 15) is 26.0 Å². The SMILES string of the molecule is [2H]c1c([2H])c([2H])c(-c2cnc(-n3c4[c-]c(Oc5[c-]c(-n6[c-][n+](-c7c(-c8c([2H])c(-c9c([2H])c([2H])c([2H])c([2H])c9[2H])c([2H])c(-c9c([2H])c([2H])c([2H])c([2H])c9[2H])c8[2H])cccc7[Si](c7c([2H])c([2H])c([2H])c([2H])c7[2H])(c7c([2H])c([2H])c([2H])c([2H])c7[2H])c7c([2H])c([2H])c([2H])c([2H])c7[2H])c7ccc(-c8ccc(C(C)(C)C)cc8)cc76)ccc5)ccc4c4ccccc43)cc2C([2H])([2H])[2H])c([2H])c1[2H].[Pt]. The summed E-state index contributed by atoms with van der Waals surface area (Å²) in [6.07, 6.45) is 4.48. The van der Waals surface area contributed by atoms with Crippen molar-refractivity contribution in [3.63, 3.8) is 0 Å². The van der Waals surface area contributed by atoms with Gasteiger partial charge in [-0.1, -0.05) is 280 Å². The van der Waals surface area contributed by atoms with Crippen molar-refractivity contribution in [3.05, 3.63) is 357 Å². The number of aromatic nitrogens is 4. The van der Waals surface area contributed by atoms with Crippen molar-refractivity contribution in [2.75, 3.05) is 0 Å². The summed E-state index contributed by atoms with van der Waals surface area (Å²) >= 11 is 0. The molecule has 464 valence electrons. The molecule has 0 N–H and O–H groups in total. The average molecular weight is 1470 g/mol. The Labute approximate surface area is 627 Å². The zero-order chi connectivity index (χ0) is 95.3. The van der Waals surface area contributed by atoms with Gasteiger partial charge in [-0.2, -0.15) is 18.2 Å². The van der Waals surface area contributed by atoms with E-state index in [1.54, 1.807) is 53.1 Å². The molecule has 0 aliphatic rings. The minimum atomic E-state index is -6.54. The number of aryl methyl sites for hydroxylation is 1. The van der Waals surface area contributed by atoms with Crippen LogP contribution in [0.5, 0.6) is 11.5 Å². The Kier molecular flexibility index (Phi) is 8.81. The molecule has 0 radical (unpaired) electrons. The van der Waals surface area contributed by atoms with E-state index in [2.05, 4.69) is 18.5 Å². The second-order valence-electron chi connectivity index (χ2n) is 22.8. The van der Waals surface area contributed by atoms with Crippen LogP contribution in [0.2, 0.25) is 0 Å². The number of pyridine rings is 1. The summed E-state index contributed by atoms with van der Waals surface area (Å²) < 4.78 is 349. The van der Waals surface area contributed by atoms with Gasteiger partial charge in [0.2, 0.25) is 0 Å². The van der Waals surface area contributed by atoms with Crippen LogP contribution < -0.4 is 30.1 Å². The summed E-state index contributed by atoms with van der Waals surface area (Å²) in [5.41, 5.74) is -4.71. The maximum absolute atomic E-state index is 10.8. The van der Waals surface area contributed by atoms with E-state index >= 15 is 0 Å². The van der Waals surface area contributed by atoms with Crippen molar-refractivity contribution in [1.29, 1.82) is 0 Å². The van der Waals surface area contributed by atoms with Crippen LogP contribution in [0.25, 0.3) is 106 Å². The molecular weight excluding hydrogens is 1360 g/mol. The molecule has 3 heterocycles. The van der Waals surface area contributed by atoms with Crippen molar-refractivity contribution >= 4 is 61.7 Å². The first-order chi connectivity index (χ1) is 61.5. The molecule has 5 nitrogen and oxygen atoms in total. The monoisotopic (exact) mass is 1470 g/mol. The summed E-state index contributed by atoms with van der Waals surface area (Å²) in [7, 11) is -6.54. The molecule has 0 fully saturated rings. The Hall–Kier alpha value is -11.0. The fourth-order valence-corrected chi connectivity index (χ4v) is 15.9. The molecule has 0 unspecified atom stereocenters. The minimum absolute atomic E-state index is 0. The maximum atomic E-state index is 10.8. The third-order valence-electron chi connectivity index (χ3n) is 16.2. The van der Waals surface area contributed by atoms with Gasteiger partial charge in [-0.15, -0.1) is 29.7 Å². The van der Waals surface area contributed by atoms with Crippen LogP contribution in [0.3, 0.4) is 0 Å². The van der Waals surface area contributed by atoms with Crippen LogP contribution in [-0.4, -0.2) is 22.2 Å². The molecule has 3 aromatic heterocycles. The second kappa shape index (κ2) is 25.7. The van der Waals surface area contributed by atoms with Gasteiger partial charge < -0.3 is 13.9 Å². The summed E-state index contributed by atoms with van der Waals surface area (Å²) in [5.74, 6) is -0.121. The van der Waals surface area contributed by atoms with E-state index in [0.717, 1.165) is 23.9 Å². The van der Waals surface area contributed by atoms with Crippen LogP contribution in [0.1, 0.15) is 81.2 Å². The van der Waals surface area contributed by atoms with Gasteiger partial charge in [0.15, 0.2) is 8.07 Å². The Morgan fingerprint density at radius 1 is 0.479 bits per heavy atom. The molecule has 96 heavy (non-hydrogen) atoms. The smallest absolute Gasteiger partial charge is 0.268 e. The van der Waals surface area contributed by atoms with Gasteiger partial charge in [0.25, 0.3) is 6.33 Å². The molecule has 0 aliphatic heterocycles. The van der Waals surface area contributed by atoms with Crippen molar-refractivity contribution < 1.29 is 79.7 Å². The zero-order valence-electron chi connectivity index (χ0n) is 86.6. The Balaban J connectivity index is 0.0000133. The minimum Gasteiger partial charge on any atom is -0.510 e. The standard InChI is InChI=1S/C89H66N4OSi.Pt/c1-62-53-87(90-60-81(62)66-31-15-7-16-32-66)93-82-43-24-23-41-79(82)80-51-50-74(59-84(80)93)94-73-34-25-33-72(58-73)91-61-92(83-52-47-67(57-85(83)91)65-45-48-71(49-46-65)89(2,3)4)88-78(70-55-68(63-27-11-5-12-28-63)54-69(56-70)64-29-13-6-14-30-64)42-26-44-86(88)95(75-35-17-8-18-36-75,76-37-19-9-20-38-76)77-39-21-10-22-40-77;/h5-57,60H,1-4H3;/q-2;/i1D3,5D,6D,7D,8D,9D,10D,11D,12D,13D,14D,15D,16D,17D,18D,19D,20D,21D,22D,27D,28D,29D,30D,31D,32D,35D,36D,37D,38D,39D,40D,54D,55D,56D;. The van der Waals surface area contributed by atoms with E-state index < -0.39 is 285 Å². The number of hydrogen-bond acceptors (Lipinski definition) is 2. The van der Waals surface area contributed by atoms with Gasteiger partial charge in [-0.05, 0) is 142 Å². The molecular formula is C89H66N4OPtSi-2. The number of benzene rings is 13. The predicted molar refractivity (Wildman–Crippen MR) is 394 cm³/mol. The van der Waals surface area contributed by atoms with Crippen molar-refractivity contribution in [2.45, 2.75) is 33.0 Å². The van der Waals surface area contributed by atoms with Crippen LogP contribution in [0.15, 0.2) is 327 Å². The molecule has 0 amide bonds. The summed E-state index contributed by atoms with van der Waals surface area (Å²) in [4.78, 5) is 4.70. The normalized spacial score (nSPS) is 17.1. The number of ether oxygens (including phenoxy) is 1. The molecule has 16 rings (SSSR count). The van der Waals surface area contributed by atoms with E-state index in [1.807, 2.05) is 45.0 Å². The first kappa shape index (κ1) is 32.9. The molecule has 0 spiro atoms. The first-order valence-corrected chi connectivity index (χ1v) is 31.6. The number of imidazole rings is 1. The molecule has 16 aromatic rings. The van der Waals surface area contributed by atoms with Gasteiger partial charge in [0.05, 0.1) is 62.0 Å². The van der Waals surface area contributed by atoms with Crippen LogP contribution in [0.4, 0.5) is 0 Å². The molecule has 7 heteroatoms. The van der Waals surface area contributed by atoms with Crippen LogP contribution in [0, 0.1) is 25.3 Å². The van der Waals surface area contributed by atoms with E-state index in [-0.39, 0.29) is 71.6 Å².